The molecule has 0 radical (unpaired) electrons. The van der Waals surface area contributed by atoms with E-state index in [1.165, 1.54) is 5.56 Å². The Balaban J connectivity index is 1.30. The molecule has 2 saturated heterocycles. The first-order valence-electron chi connectivity index (χ1n) is 10.6. The van der Waals surface area contributed by atoms with E-state index >= 15 is 0 Å². The second-order valence-corrected chi connectivity index (χ2v) is 8.04. The quantitative estimate of drug-likeness (QED) is 0.744. The van der Waals surface area contributed by atoms with E-state index < -0.39 is 0 Å². The van der Waals surface area contributed by atoms with Gasteiger partial charge >= 0.3 is 0 Å². The van der Waals surface area contributed by atoms with Gasteiger partial charge in [0.1, 0.15) is 11.5 Å². The van der Waals surface area contributed by atoms with Crippen molar-refractivity contribution in [3.8, 4) is 11.5 Å². The van der Waals surface area contributed by atoms with E-state index in [0.29, 0.717) is 12.0 Å². The molecule has 154 valence electrons. The standard InChI is InChI=1S/C24H30N2O3/c1-28-21-11-14-26(15-12-21)24(27)20-10-13-25(18-20)17-19-6-5-9-23(16-19)29-22-7-3-2-4-8-22/h2-9,16,20-21H,10-15,17-18H2,1H3. The van der Waals surface area contributed by atoms with Crippen molar-refractivity contribution >= 4 is 5.91 Å². The lowest BCUT2D eigenvalue weighted by molar-refractivity contribution is -0.137. The van der Waals surface area contributed by atoms with Gasteiger partial charge in [0.05, 0.1) is 12.0 Å². The Morgan fingerprint density at radius 3 is 2.48 bits per heavy atom. The number of rotatable bonds is 6. The van der Waals surface area contributed by atoms with Crippen LogP contribution in [0.25, 0.3) is 0 Å². The minimum atomic E-state index is 0.123. The van der Waals surface area contributed by atoms with Crippen molar-refractivity contribution in [1.29, 1.82) is 0 Å². The minimum absolute atomic E-state index is 0.123. The van der Waals surface area contributed by atoms with E-state index in [4.69, 9.17) is 9.47 Å². The van der Waals surface area contributed by atoms with Crippen LogP contribution in [-0.4, -0.2) is 55.1 Å². The number of amides is 1. The van der Waals surface area contributed by atoms with Gasteiger partial charge in [-0.1, -0.05) is 30.3 Å². The molecule has 4 rings (SSSR count). The topological polar surface area (TPSA) is 42.0 Å². The SMILES string of the molecule is COC1CCN(C(=O)C2CCN(Cc3cccc(Oc4ccccc4)c3)C2)CC1. The summed E-state index contributed by atoms with van der Waals surface area (Å²) in [6.07, 6.45) is 3.16. The summed E-state index contributed by atoms with van der Waals surface area (Å²) in [5.74, 6) is 2.14. The van der Waals surface area contributed by atoms with Crippen molar-refractivity contribution in [1.82, 2.24) is 9.80 Å². The van der Waals surface area contributed by atoms with Crippen LogP contribution in [-0.2, 0) is 16.1 Å². The van der Waals surface area contributed by atoms with Crippen molar-refractivity contribution in [2.75, 3.05) is 33.3 Å². The van der Waals surface area contributed by atoms with E-state index in [1.807, 2.05) is 47.4 Å². The van der Waals surface area contributed by atoms with Gasteiger partial charge in [0.2, 0.25) is 5.91 Å². The number of carbonyl (C=O) groups is 1. The normalized spacial score (nSPS) is 20.7. The molecule has 1 atom stereocenters. The summed E-state index contributed by atoms with van der Waals surface area (Å²) in [5.41, 5.74) is 1.22. The van der Waals surface area contributed by atoms with Gasteiger partial charge in [0, 0.05) is 33.3 Å². The lowest BCUT2D eigenvalue weighted by Gasteiger charge is -2.33. The predicted molar refractivity (Wildman–Crippen MR) is 113 cm³/mol. The number of hydrogen-bond acceptors (Lipinski definition) is 4. The Morgan fingerprint density at radius 2 is 1.72 bits per heavy atom. The van der Waals surface area contributed by atoms with Gasteiger partial charge in [-0.05, 0) is 55.6 Å². The molecule has 2 aliphatic heterocycles. The van der Waals surface area contributed by atoms with Gasteiger partial charge in [0.15, 0.2) is 0 Å². The van der Waals surface area contributed by atoms with Crippen molar-refractivity contribution in [2.24, 2.45) is 5.92 Å². The molecule has 0 bridgehead atoms. The van der Waals surface area contributed by atoms with Crippen LogP contribution in [0.2, 0.25) is 0 Å². The smallest absolute Gasteiger partial charge is 0.227 e. The maximum atomic E-state index is 12.9. The fourth-order valence-electron chi connectivity index (χ4n) is 4.34. The number of nitrogens with zero attached hydrogens (tertiary/aromatic N) is 2. The first-order valence-corrected chi connectivity index (χ1v) is 10.6. The third-order valence-electron chi connectivity index (χ3n) is 5.99. The molecule has 2 aromatic carbocycles. The molecule has 2 heterocycles. The largest absolute Gasteiger partial charge is 0.457 e. The molecule has 0 saturated carbocycles. The van der Waals surface area contributed by atoms with Crippen molar-refractivity contribution in [2.45, 2.75) is 31.9 Å². The highest BCUT2D eigenvalue weighted by Crippen LogP contribution is 2.26. The summed E-state index contributed by atoms with van der Waals surface area (Å²) in [6, 6.07) is 18.1. The molecule has 5 heteroatoms. The number of para-hydroxylation sites is 1. The summed E-state index contributed by atoms with van der Waals surface area (Å²) in [5, 5.41) is 0. The Kier molecular flexibility index (Phi) is 6.47. The van der Waals surface area contributed by atoms with E-state index in [1.54, 1.807) is 7.11 Å². The first kappa shape index (κ1) is 19.9. The first-order chi connectivity index (χ1) is 14.2. The second-order valence-electron chi connectivity index (χ2n) is 8.04. The second kappa shape index (κ2) is 9.42. The molecule has 5 nitrogen and oxygen atoms in total. The third-order valence-corrected chi connectivity index (χ3v) is 5.99. The summed E-state index contributed by atoms with van der Waals surface area (Å²) < 4.78 is 11.4. The molecule has 2 aliphatic rings. The number of carbonyl (C=O) groups excluding carboxylic acids is 1. The van der Waals surface area contributed by atoms with E-state index in [-0.39, 0.29) is 5.92 Å². The van der Waals surface area contributed by atoms with E-state index in [9.17, 15) is 4.79 Å². The average Bonchev–Trinajstić information content (AvgIpc) is 3.23. The van der Waals surface area contributed by atoms with E-state index in [0.717, 1.165) is 63.5 Å². The number of piperidine rings is 1. The molecule has 2 fully saturated rings. The van der Waals surface area contributed by atoms with Crippen LogP contribution in [0.3, 0.4) is 0 Å². The highest BCUT2D eigenvalue weighted by Gasteiger charge is 2.33. The molecule has 29 heavy (non-hydrogen) atoms. The Morgan fingerprint density at radius 1 is 0.966 bits per heavy atom. The van der Waals surface area contributed by atoms with Gasteiger partial charge in [-0.15, -0.1) is 0 Å². The summed E-state index contributed by atoms with van der Waals surface area (Å²) in [7, 11) is 1.76. The lowest BCUT2D eigenvalue weighted by Crippen LogP contribution is -2.44. The fraction of sp³-hybridized carbons (Fsp3) is 0.458. The molecule has 0 aromatic heterocycles. The molecular formula is C24H30N2O3. The van der Waals surface area contributed by atoms with Crippen molar-refractivity contribution in [3.05, 3.63) is 60.2 Å². The molecule has 1 amide bonds. The third kappa shape index (κ3) is 5.17. The Hall–Kier alpha value is -2.37. The molecular weight excluding hydrogens is 364 g/mol. The van der Waals surface area contributed by atoms with Gasteiger partial charge in [-0.3, -0.25) is 9.69 Å². The van der Waals surface area contributed by atoms with Crippen molar-refractivity contribution in [3.63, 3.8) is 0 Å². The molecule has 0 spiro atoms. The molecule has 1 unspecified atom stereocenters. The lowest BCUT2D eigenvalue weighted by atomic mass is 10.0. The number of likely N-dealkylation sites (tertiary alicyclic amines) is 2. The van der Waals surface area contributed by atoms with Gasteiger partial charge in [-0.2, -0.15) is 0 Å². The molecule has 0 N–H and O–H groups in total. The van der Waals surface area contributed by atoms with Crippen LogP contribution in [0.4, 0.5) is 0 Å². The number of methoxy groups -OCH3 is 1. The van der Waals surface area contributed by atoms with Gasteiger partial charge in [0.25, 0.3) is 0 Å². The highest BCUT2D eigenvalue weighted by molar-refractivity contribution is 5.79. The highest BCUT2D eigenvalue weighted by atomic mass is 16.5. The number of hydrogen-bond donors (Lipinski definition) is 0. The van der Waals surface area contributed by atoms with Gasteiger partial charge in [-0.25, -0.2) is 0 Å². The van der Waals surface area contributed by atoms with Crippen molar-refractivity contribution < 1.29 is 14.3 Å². The summed E-state index contributed by atoms with van der Waals surface area (Å²) in [4.78, 5) is 17.3. The van der Waals surface area contributed by atoms with Crippen LogP contribution in [0.5, 0.6) is 11.5 Å². The van der Waals surface area contributed by atoms with Crippen LogP contribution in [0.15, 0.2) is 54.6 Å². The van der Waals surface area contributed by atoms with Crippen LogP contribution in [0, 0.1) is 5.92 Å². The zero-order valence-corrected chi connectivity index (χ0v) is 17.1. The molecule has 2 aromatic rings. The zero-order chi connectivity index (χ0) is 20.1. The Labute approximate surface area is 173 Å². The number of ether oxygens (including phenoxy) is 2. The average molecular weight is 395 g/mol. The van der Waals surface area contributed by atoms with Crippen LogP contribution < -0.4 is 4.74 Å². The molecule has 0 aliphatic carbocycles. The zero-order valence-electron chi connectivity index (χ0n) is 17.1. The minimum Gasteiger partial charge on any atom is -0.457 e. The maximum Gasteiger partial charge on any atom is 0.227 e. The van der Waals surface area contributed by atoms with E-state index in [2.05, 4.69) is 17.0 Å². The summed E-state index contributed by atoms with van der Waals surface area (Å²) in [6.45, 7) is 4.31. The maximum absolute atomic E-state index is 12.9. The summed E-state index contributed by atoms with van der Waals surface area (Å²) >= 11 is 0. The Bertz CT molecular complexity index is 803. The predicted octanol–water partition coefficient (Wildman–Crippen LogP) is 3.94. The van der Waals surface area contributed by atoms with Crippen LogP contribution >= 0.6 is 0 Å². The number of benzene rings is 2. The fourth-order valence-corrected chi connectivity index (χ4v) is 4.34. The van der Waals surface area contributed by atoms with Crippen LogP contribution in [0.1, 0.15) is 24.8 Å². The van der Waals surface area contributed by atoms with Gasteiger partial charge < -0.3 is 14.4 Å². The monoisotopic (exact) mass is 394 g/mol.